The summed E-state index contributed by atoms with van der Waals surface area (Å²) in [6, 6.07) is 7.22. The molecular formula is C18H18FN3O6S. The van der Waals surface area contributed by atoms with Gasteiger partial charge in [0.15, 0.2) is 17.6 Å². The van der Waals surface area contributed by atoms with Crippen molar-refractivity contribution in [3.63, 3.8) is 0 Å². The van der Waals surface area contributed by atoms with Gasteiger partial charge in [0.05, 0.1) is 17.1 Å². The van der Waals surface area contributed by atoms with Gasteiger partial charge in [-0.2, -0.15) is 8.42 Å². The van der Waals surface area contributed by atoms with E-state index in [1.165, 1.54) is 27.1 Å². The van der Waals surface area contributed by atoms with Crippen molar-refractivity contribution in [2.45, 2.75) is 13.0 Å². The molecule has 1 amide bonds. The topological polar surface area (TPSA) is 97.4 Å². The number of rotatable bonds is 4. The molecule has 0 fully saturated rings. The molecule has 0 radical (unpaired) electrons. The van der Waals surface area contributed by atoms with Gasteiger partial charge >= 0.3 is 10.2 Å². The van der Waals surface area contributed by atoms with Crippen LogP contribution in [0.3, 0.4) is 0 Å². The molecule has 4 rings (SSSR count). The van der Waals surface area contributed by atoms with Gasteiger partial charge in [-0.05, 0) is 25.1 Å². The highest BCUT2D eigenvalue weighted by Gasteiger charge is 2.36. The molecule has 29 heavy (non-hydrogen) atoms. The predicted molar refractivity (Wildman–Crippen MR) is 103 cm³/mol. The van der Waals surface area contributed by atoms with Gasteiger partial charge in [0, 0.05) is 26.2 Å². The Morgan fingerprint density at radius 1 is 1.14 bits per heavy atom. The van der Waals surface area contributed by atoms with E-state index in [1.807, 2.05) is 0 Å². The summed E-state index contributed by atoms with van der Waals surface area (Å²) >= 11 is 0. The van der Waals surface area contributed by atoms with Crippen molar-refractivity contribution >= 4 is 33.2 Å². The van der Waals surface area contributed by atoms with Crippen molar-refractivity contribution < 1.29 is 31.8 Å². The zero-order valence-electron chi connectivity index (χ0n) is 15.8. The maximum Gasteiger partial charge on any atom is 0.326 e. The van der Waals surface area contributed by atoms with Crippen LogP contribution in [0.1, 0.15) is 6.92 Å². The molecule has 0 saturated carbocycles. The fraction of sp³-hybridized carbons (Fsp3) is 0.278. The number of amides is 1. The van der Waals surface area contributed by atoms with Gasteiger partial charge in [0.25, 0.3) is 5.91 Å². The van der Waals surface area contributed by atoms with E-state index in [0.29, 0.717) is 17.2 Å². The van der Waals surface area contributed by atoms with Crippen LogP contribution >= 0.6 is 0 Å². The third-order valence-electron chi connectivity index (χ3n) is 4.72. The first-order chi connectivity index (χ1) is 13.7. The largest absolute Gasteiger partial charge is 0.481 e. The van der Waals surface area contributed by atoms with Gasteiger partial charge in [-0.25, -0.2) is 4.39 Å². The maximum atomic E-state index is 14.5. The van der Waals surface area contributed by atoms with Crippen LogP contribution in [0.5, 0.6) is 17.2 Å². The van der Waals surface area contributed by atoms with Crippen LogP contribution in [0.2, 0.25) is 0 Å². The van der Waals surface area contributed by atoms with E-state index in [0.717, 1.165) is 14.7 Å². The number of benzene rings is 2. The Bertz CT molecular complexity index is 1110. The third kappa shape index (κ3) is 3.16. The Balaban J connectivity index is 1.51. The number of anilines is 3. The van der Waals surface area contributed by atoms with Crippen LogP contribution in [-0.2, 0) is 15.0 Å². The summed E-state index contributed by atoms with van der Waals surface area (Å²) in [5.41, 5.74) is 0.299. The number of halogens is 1. The molecule has 11 heteroatoms. The lowest BCUT2D eigenvalue weighted by Gasteiger charge is -2.16. The molecular weight excluding hydrogens is 405 g/mol. The average Bonchev–Trinajstić information content (AvgIpc) is 3.20. The van der Waals surface area contributed by atoms with Crippen LogP contribution < -0.4 is 28.1 Å². The summed E-state index contributed by atoms with van der Waals surface area (Å²) in [6.45, 7) is 1.63. The highest BCUT2D eigenvalue weighted by atomic mass is 32.2. The van der Waals surface area contributed by atoms with Gasteiger partial charge in [-0.15, -0.1) is 0 Å². The lowest BCUT2D eigenvalue weighted by molar-refractivity contribution is -0.122. The standard InChI is InChI=1S/C18H18FN3O6S/c1-10(28-11-4-5-16-17(6-11)27-9-26-16)18(23)20-13-8-15-14(7-12(13)19)21(2)29(24,25)22(15)3/h4-8,10H,9H2,1-3H3,(H,20,23)/t10-/m1/s1. The second-order valence-corrected chi connectivity index (χ2v) is 8.52. The van der Waals surface area contributed by atoms with Gasteiger partial charge in [-0.3, -0.25) is 13.4 Å². The van der Waals surface area contributed by atoms with Crippen molar-refractivity contribution in [2.24, 2.45) is 0 Å². The van der Waals surface area contributed by atoms with Crippen LogP contribution in [0.4, 0.5) is 21.5 Å². The number of carbonyl (C=O) groups excluding carboxylic acids is 1. The van der Waals surface area contributed by atoms with Crippen LogP contribution in [0, 0.1) is 5.82 Å². The minimum Gasteiger partial charge on any atom is -0.481 e. The molecule has 2 aliphatic rings. The first-order valence-corrected chi connectivity index (χ1v) is 10.0. The second kappa shape index (κ2) is 6.69. The molecule has 2 aromatic carbocycles. The molecule has 0 unspecified atom stereocenters. The highest BCUT2D eigenvalue weighted by Crippen LogP contribution is 2.41. The average molecular weight is 423 g/mol. The van der Waals surface area contributed by atoms with Crippen molar-refractivity contribution in [2.75, 3.05) is 34.8 Å². The number of ether oxygens (including phenoxy) is 3. The first-order valence-electron chi connectivity index (χ1n) is 8.62. The molecule has 1 N–H and O–H groups in total. The molecule has 0 bridgehead atoms. The van der Waals surface area contributed by atoms with Crippen LogP contribution in [0.15, 0.2) is 30.3 Å². The van der Waals surface area contributed by atoms with E-state index in [4.69, 9.17) is 14.2 Å². The lowest BCUT2D eigenvalue weighted by Crippen LogP contribution is -2.32. The zero-order chi connectivity index (χ0) is 20.9. The van der Waals surface area contributed by atoms with E-state index in [1.54, 1.807) is 18.2 Å². The smallest absolute Gasteiger partial charge is 0.326 e. The number of fused-ring (bicyclic) bond motifs is 2. The van der Waals surface area contributed by atoms with Gasteiger partial charge < -0.3 is 19.5 Å². The fourth-order valence-electron chi connectivity index (χ4n) is 3.03. The molecule has 0 aliphatic carbocycles. The summed E-state index contributed by atoms with van der Waals surface area (Å²) < 4.78 is 56.9. The van der Waals surface area contributed by atoms with Crippen LogP contribution in [0.25, 0.3) is 0 Å². The zero-order valence-corrected chi connectivity index (χ0v) is 16.6. The van der Waals surface area contributed by atoms with Gasteiger partial charge in [-0.1, -0.05) is 0 Å². The number of carbonyl (C=O) groups is 1. The summed E-state index contributed by atoms with van der Waals surface area (Å²) in [6.07, 6.45) is -0.952. The molecule has 0 spiro atoms. The van der Waals surface area contributed by atoms with Crippen LogP contribution in [-0.4, -0.2) is 41.3 Å². The molecule has 2 aliphatic heterocycles. The number of nitrogens with zero attached hydrogens (tertiary/aromatic N) is 2. The molecule has 0 saturated heterocycles. The Hall–Kier alpha value is -3.21. The van der Waals surface area contributed by atoms with Gasteiger partial charge in [0.1, 0.15) is 11.6 Å². The Morgan fingerprint density at radius 2 is 1.79 bits per heavy atom. The first kappa shape index (κ1) is 19.1. The molecule has 154 valence electrons. The number of hydrogen-bond donors (Lipinski definition) is 1. The Morgan fingerprint density at radius 3 is 2.52 bits per heavy atom. The maximum absolute atomic E-state index is 14.5. The molecule has 1 atom stereocenters. The summed E-state index contributed by atoms with van der Waals surface area (Å²) in [5.74, 6) is 0.119. The van der Waals surface area contributed by atoms with Gasteiger partial charge in [0.2, 0.25) is 6.79 Å². The Kier molecular flexibility index (Phi) is 4.41. The molecule has 0 aromatic heterocycles. The van der Waals surface area contributed by atoms with Crippen molar-refractivity contribution in [1.29, 1.82) is 0 Å². The van der Waals surface area contributed by atoms with E-state index < -0.39 is 28.0 Å². The summed E-state index contributed by atoms with van der Waals surface area (Å²) in [4.78, 5) is 12.5. The normalized spacial score (nSPS) is 17.1. The second-order valence-electron chi connectivity index (χ2n) is 6.53. The summed E-state index contributed by atoms with van der Waals surface area (Å²) in [5, 5.41) is 2.44. The van der Waals surface area contributed by atoms with E-state index in [2.05, 4.69) is 5.32 Å². The molecule has 2 heterocycles. The monoisotopic (exact) mass is 423 g/mol. The molecule has 2 aromatic rings. The predicted octanol–water partition coefficient (Wildman–Crippen LogP) is 2.09. The quantitative estimate of drug-likeness (QED) is 0.809. The minimum atomic E-state index is -3.75. The minimum absolute atomic E-state index is 0.117. The number of nitrogens with one attached hydrogen (secondary N) is 1. The third-order valence-corrected chi connectivity index (χ3v) is 6.50. The van der Waals surface area contributed by atoms with E-state index in [-0.39, 0.29) is 23.9 Å². The Labute approximate surface area is 166 Å². The van der Waals surface area contributed by atoms with Crippen molar-refractivity contribution in [1.82, 2.24) is 0 Å². The molecule has 9 nitrogen and oxygen atoms in total. The SMILES string of the molecule is C[C@@H](Oc1ccc2c(c1)OCO2)C(=O)Nc1cc2c(cc1F)N(C)S(=O)(=O)N2C. The number of hydrogen-bond acceptors (Lipinski definition) is 6. The highest BCUT2D eigenvalue weighted by molar-refractivity contribution is 7.94. The van der Waals surface area contributed by atoms with E-state index >= 15 is 0 Å². The van der Waals surface area contributed by atoms with E-state index in [9.17, 15) is 17.6 Å². The van der Waals surface area contributed by atoms with Crippen molar-refractivity contribution in [3.05, 3.63) is 36.1 Å². The lowest BCUT2D eigenvalue weighted by atomic mass is 10.2. The summed E-state index contributed by atoms with van der Waals surface area (Å²) in [7, 11) is -1.06. The fourth-order valence-corrected chi connectivity index (χ4v) is 4.18. The van der Waals surface area contributed by atoms with Crippen molar-refractivity contribution in [3.8, 4) is 17.2 Å².